The first-order valence-electron chi connectivity index (χ1n) is 9.37. The van der Waals surface area contributed by atoms with Crippen molar-refractivity contribution < 1.29 is 9.53 Å². The second-order valence-corrected chi connectivity index (χ2v) is 8.05. The Morgan fingerprint density at radius 1 is 1.04 bits per heavy atom. The number of hydrogen-bond donors (Lipinski definition) is 1. The Hall–Kier alpha value is -2.29. The van der Waals surface area contributed by atoms with E-state index in [1.165, 1.54) is 5.56 Å². The van der Waals surface area contributed by atoms with Crippen molar-refractivity contribution in [2.75, 3.05) is 5.32 Å². The highest BCUT2D eigenvalue weighted by Gasteiger charge is 2.31. The van der Waals surface area contributed by atoms with Gasteiger partial charge in [-0.15, -0.1) is 0 Å². The molecule has 0 aliphatic carbocycles. The highest BCUT2D eigenvalue weighted by Crippen LogP contribution is 2.29. The summed E-state index contributed by atoms with van der Waals surface area (Å²) in [7, 11) is 0. The van der Waals surface area contributed by atoms with Gasteiger partial charge in [-0.25, -0.2) is 0 Å². The lowest BCUT2D eigenvalue weighted by Gasteiger charge is -2.27. The largest absolute Gasteiger partial charge is 0.478 e. The quantitative estimate of drug-likeness (QED) is 0.682. The van der Waals surface area contributed by atoms with E-state index in [4.69, 9.17) is 4.74 Å². The van der Waals surface area contributed by atoms with Crippen molar-refractivity contribution in [2.45, 2.75) is 59.5 Å². The van der Waals surface area contributed by atoms with Gasteiger partial charge in [0.25, 0.3) is 5.91 Å². The molecule has 0 heterocycles. The molecule has 0 atom stereocenters. The molecule has 0 spiro atoms. The van der Waals surface area contributed by atoms with Crippen molar-refractivity contribution in [3.63, 3.8) is 0 Å². The zero-order valence-electron chi connectivity index (χ0n) is 16.8. The van der Waals surface area contributed by atoms with Gasteiger partial charge in [-0.2, -0.15) is 0 Å². The monoisotopic (exact) mass is 353 g/mol. The Morgan fingerprint density at radius 3 is 2.27 bits per heavy atom. The van der Waals surface area contributed by atoms with E-state index < -0.39 is 5.60 Å². The summed E-state index contributed by atoms with van der Waals surface area (Å²) < 4.78 is 6.19. The van der Waals surface area contributed by atoms with Gasteiger partial charge in [0.1, 0.15) is 5.75 Å². The molecule has 0 saturated carbocycles. The molecule has 3 nitrogen and oxygen atoms in total. The lowest BCUT2D eigenvalue weighted by Crippen LogP contribution is -2.42. The van der Waals surface area contributed by atoms with E-state index in [2.05, 4.69) is 45.1 Å². The van der Waals surface area contributed by atoms with Gasteiger partial charge in [-0.1, -0.05) is 58.0 Å². The Balaban J connectivity index is 2.22. The highest BCUT2D eigenvalue weighted by atomic mass is 16.5. The van der Waals surface area contributed by atoms with Crippen molar-refractivity contribution in [1.82, 2.24) is 0 Å². The summed E-state index contributed by atoms with van der Waals surface area (Å²) in [6, 6.07) is 15.8. The highest BCUT2D eigenvalue weighted by molar-refractivity contribution is 5.96. The minimum atomic E-state index is -0.971. The molecule has 3 heteroatoms. The fraction of sp³-hybridized carbons (Fsp3) is 0.435. The van der Waals surface area contributed by atoms with Crippen LogP contribution >= 0.6 is 0 Å². The molecule has 1 amide bonds. The number of nitrogens with one attached hydrogen (secondary N) is 1. The van der Waals surface area contributed by atoms with Crippen molar-refractivity contribution in [1.29, 1.82) is 0 Å². The first-order valence-corrected chi connectivity index (χ1v) is 9.37. The van der Waals surface area contributed by atoms with Crippen molar-refractivity contribution in [3.05, 3.63) is 59.7 Å². The van der Waals surface area contributed by atoms with Gasteiger partial charge in [0.2, 0.25) is 0 Å². The standard InChI is InChI=1S/C23H31NO2/c1-16(2)14-19-15-18(17(3)4)12-13-21(19)26-23(5,6)22(25)24-20-10-8-7-9-11-20/h7-13,15-17H,14H2,1-6H3,(H,24,25). The number of rotatable bonds is 7. The summed E-state index contributed by atoms with van der Waals surface area (Å²) in [4.78, 5) is 12.7. The SMILES string of the molecule is CC(C)Cc1cc(C(C)C)ccc1OC(C)(C)C(=O)Nc1ccccc1. The topological polar surface area (TPSA) is 38.3 Å². The number of hydrogen-bond acceptors (Lipinski definition) is 2. The molecule has 1 N–H and O–H groups in total. The molecule has 0 bridgehead atoms. The van der Waals surface area contributed by atoms with E-state index in [1.54, 1.807) is 13.8 Å². The third-order valence-electron chi connectivity index (χ3n) is 4.32. The van der Waals surface area contributed by atoms with Crippen molar-refractivity contribution in [2.24, 2.45) is 5.92 Å². The molecule has 0 aromatic heterocycles. The Morgan fingerprint density at radius 2 is 1.69 bits per heavy atom. The van der Waals surface area contributed by atoms with Gasteiger partial charge < -0.3 is 10.1 Å². The van der Waals surface area contributed by atoms with Gasteiger partial charge in [-0.3, -0.25) is 4.79 Å². The fourth-order valence-corrected chi connectivity index (χ4v) is 2.78. The van der Waals surface area contributed by atoms with Crippen LogP contribution in [0.3, 0.4) is 0 Å². The predicted octanol–water partition coefficient (Wildman–Crippen LogP) is 5.80. The molecule has 0 aliphatic heterocycles. The number of carbonyl (C=O) groups excluding carboxylic acids is 1. The van der Waals surface area contributed by atoms with Crippen LogP contribution < -0.4 is 10.1 Å². The Bertz CT molecular complexity index is 733. The third-order valence-corrected chi connectivity index (χ3v) is 4.32. The van der Waals surface area contributed by atoms with Crippen LogP contribution in [0.15, 0.2) is 48.5 Å². The normalized spacial score (nSPS) is 11.7. The van der Waals surface area contributed by atoms with E-state index in [9.17, 15) is 4.79 Å². The van der Waals surface area contributed by atoms with Crippen LogP contribution in [0, 0.1) is 5.92 Å². The summed E-state index contributed by atoms with van der Waals surface area (Å²) in [5.41, 5.74) is 2.25. The molecule has 2 aromatic carbocycles. The summed E-state index contributed by atoms with van der Waals surface area (Å²) in [6.45, 7) is 12.4. The molecule has 2 aromatic rings. The van der Waals surface area contributed by atoms with Crippen LogP contribution in [-0.2, 0) is 11.2 Å². The van der Waals surface area contributed by atoms with E-state index in [-0.39, 0.29) is 5.91 Å². The van der Waals surface area contributed by atoms with E-state index in [1.807, 2.05) is 36.4 Å². The van der Waals surface area contributed by atoms with Gasteiger partial charge in [0.15, 0.2) is 5.60 Å². The Labute approximate surface area is 157 Å². The maximum atomic E-state index is 12.7. The first-order chi connectivity index (χ1) is 12.2. The second-order valence-electron chi connectivity index (χ2n) is 8.05. The summed E-state index contributed by atoms with van der Waals surface area (Å²) in [6.07, 6.45) is 0.923. The Kier molecular flexibility index (Phi) is 6.47. The van der Waals surface area contributed by atoms with Gasteiger partial charge in [-0.05, 0) is 61.4 Å². The molecule has 0 unspecified atom stereocenters. The number of amides is 1. The minimum absolute atomic E-state index is 0.160. The van der Waals surface area contributed by atoms with Crippen LogP contribution in [0.1, 0.15) is 58.6 Å². The molecule has 140 valence electrons. The zero-order valence-corrected chi connectivity index (χ0v) is 16.8. The first kappa shape index (κ1) is 20.0. The molecule has 2 rings (SSSR count). The van der Waals surface area contributed by atoms with Crippen LogP contribution in [-0.4, -0.2) is 11.5 Å². The number of ether oxygens (including phenoxy) is 1. The summed E-state index contributed by atoms with van der Waals surface area (Å²) in [5, 5.41) is 2.93. The molecular formula is C23H31NO2. The molecule has 26 heavy (non-hydrogen) atoms. The maximum Gasteiger partial charge on any atom is 0.267 e. The van der Waals surface area contributed by atoms with E-state index >= 15 is 0 Å². The average Bonchev–Trinajstić information content (AvgIpc) is 2.56. The van der Waals surface area contributed by atoms with Crippen molar-refractivity contribution in [3.8, 4) is 5.75 Å². The lowest BCUT2D eigenvalue weighted by molar-refractivity contribution is -0.128. The summed E-state index contributed by atoms with van der Waals surface area (Å²) in [5.74, 6) is 1.61. The smallest absolute Gasteiger partial charge is 0.267 e. The summed E-state index contributed by atoms with van der Waals surface area (Å²) >= 11 is 0. The van der Waals surface area contributed by atoms with Crippen molar-refractivity contribution >= 4 is 11.6 Å². The lowest BCUT2D eigenvalue weighted by atomic mass is 9.95. The molecular weight excluding hydrogens is 322 g/mol. The predicted molar refractivity (Wildman–Crippen MR) is 109 cm³/mol. The zero-order chi connectivity index (χ0) is 19.3. The molecule has 0 fully saturated rings. The van der Waals surface area contributed by atoms with Crippen LogP contribution in [0.5, 0.6) is 5.75 Å². The average molecular weight is 354 g/mol. The van der Waals surface area contributed by atoms with Crippen LogP contribution in [0.25, 0.3) is 0 Å². The third kappa shape index (κ3) is 5.35. The van der Waals surface area contributed by atoms with Gasteiger partial charge in [0, 0.05) is 5.69 Å². The van der Waals surface area contributed by atoms with Crippen LogP contribution in [0.2, 0.25) is 0 Å². The van der Waals surface area contributed by atoms with E-state index in [0.717, 1.165) is 23.4 Å². The number of carbonyl (C=O) groups is 1. The minimum Gasteiger partial charge on any atom is -0.478 e. The van der Waals surface area contributed by atoms with E-state index in [0.29, 0.717) is 11.8 Å². The molecule has 0 saturated heterocycles. The molecule has 0 aliphatic rings. The van der Waals surface area contributed by atoms with Crippen LogP contribution in [0.4, 0.5) is 5.69 Å². The number of para-hydroxylation sites is 1. The maximum absolute atomic E-state index is 12.7. The second kappa shape index (κ2) is 8.39. The van der Waals surface area contributed by atoms with Gasteiger partial charge in [0.05, 0.1) is 0 Å². The molecule has 0 radical (unpaired) electrons. The van der Waals surface area contributed by atoms with Gasteiger partial charge >= 0.3 is 0 Å². The number of anilines is 1. The fourth-order valence-electron chi connectivity index (χ4n) is 2.78. The number of benzene rings is 2.